The third-order valence-electron chi connectivity index (χ3n) is 1.80. The molecule has 0 amide bonds. The van der Waals surface area contributed by atoms with Crippen LogP contribution in [0.3, 0.4) is 0 Å². The number of ether oxygens (including phenoxy) is 1. The second-order valence-electron chi connectivity index (χ2n) is 2.72. The Labute approximate surface area is 81.7 Å². The monoisotopic (exact) mass is 199 g/mol. The van der Waals surface area contributed by atoms with E-state index in [1.807, 2.05) is 6.92 Å². The first-order valence-electron chi connectivity index (χ1n) is 3.78. The molecule has 1 aromatic rings. The molecule has 0 saturated heterocycles. The Morgan fingerprint density at radius 2 is 2.15 bits per heavy atom. The van der Waals surface area contributed by atoms with Gasteiger partial charge in [0.25, 0.3) is 0 Å². The number of methoxy groups -OCH3 is 1. The van der Waals surface area contributed by atoms with E-state index in [0.29, 0.717) is 10.6 Å². The van der Waals surface area contributed by atoms with E-state index >= 15 is 0 Å². The Morgan fingerprint density at radius 1 is 1.54 bits per heavy atom. The van der Waals surface area contributed by atoms with E-state index in [2.05, 4.69) is 9.72 Å². The van der Waals surface area contributed by atoms with Gasteiger partial charge >= 0.3 is 5.97 Å². The number of aryl methyl sites for hydroxylation is 1. The molecule has 1 aromatic heterocycles. The number of pyridine rings is 1. The van der Waals surface area contributed by atoms with E-state index in [-0.39, 0.29) is 5.69 Å². The van der Waals surface area contributed by atoms with Crippen LogP contribution in [0, 0.1) is 13.8 Å². The highest BCUT2D eigenvalue weighted by Crippen LogP contribution is 2.21. The second-order valence-corrected chi connectivity index (χ2v) is 3.10. The van der Waals surface area contributed by atoms with Crippen molar-refractivity contribution in [1.29, 1.82) is 0 Å². The summed E-state index contributed by atoms with van der Waals surface area (Å²) < 4.78 is 4.55. The predicted octanol–water partition coefficient (Wildman–Crippen LogP) is 2.14. The molecule has 1 rings (SSSR count). The maximum Gasteiger partial charge on any atom is 0.356 e. The molecule has 1 heterocycles. The molecule has 0 aromatic carbocycles. The first kappa shape index (κ1) is 9.99. The van der Waals surface area contributed by atoms with Gasteiger partial charge in [-0.25, -0.2) is 9.78 Å². The van der Waals surface area contributed by atoms with Crippen LogP contribution in [-0.2, 0) is 4.74 Å². The number of carbonyl (C=O) groups excluding carboxylic acids is 1. The smallest absolute Gasteiger partial charge is 0.356 e. The molecular weight excluding hydrogens is 190 g/mol. The van der Waals surface area contributed by atoms with Crippen LogP contribution in [0.25, 0.3) is 0 Å². The zero-order valence-electron chi connectivity index (χ0n) is 7.72. The molecule has 0 atom stereocenters. The summed E-state index contributed by atoms with van der Waals surface area (Å²) in [5, 5.41) is 0.565. The standard InChI is InChI=1S/C9H10ClNO2/c1-5-4-11-8(9(12)13-3)6(2)7(5)10/h4H,1-3H3. The van der Waals surface area contributed by atoms with Crippen LogP contribution in [0.5, 0.6) is 0 Å². The normalized spacial score (nSPS) is 9.85. The Bertz CT molecular complexity index is 350. The van der Waals surface area contributed by atoms with Crippen LogP contribution in [0.2, 0.25) is 5.02 Å². The van der Waals surface area contributed by atoms with Crippen LogP contribution in [-0.4, -0.2) is 18.1 Å². The number of rotatable bonds is 1. The van der Waals surface area contributed by atoms with E-state index in [1.54, 1.807) is 13.1 Å². The van der Waals surface area contributed by atoms with Gasteiger partial charge in [-0.1, -0.05) is 11.6 Å². The molecule has 0 bridgehead atoms. The largest absolute Gasteiger partial charge is 0.464 e. The summed E-state index contributed by atoms with van der Waals surface area (Å²) in [4.78, 5) is 15.1. The molecule has 4 heteroatoms. The molecule has 13 heavy (non-hydrogen) atoms. The molecule has 0 fully saturated rings. The molecule has 0 aliphatic rings. The topological polar surface area (TPSA) is 39.2 Å². The summed E-state index contributed by atoms with van der Waals surface area (Å²) in [7, 11) is 1.32. The predicted molar refractivity (Wildman–Crippen MR) is 50.1 cm³/mol. The van der Waals surface area contributed by atoms with E-state index in [1.165, 1.54) is 7.11 Å². The minimum absolute atomic E-state index is 0.276. The van der Waals surface area contributed by atoms with Gasteiger partial charge in [0.15, 0.2) is 5.69 Å². The Morgan fingerprint density at radius 3 is 2.69 bits per heavy atom. The van der Waals surface area contributed by atoms with Crippen molar-refractivity contribution in [3.63, 3.8) is 0 Å². The lowest BCUT2D eigenvalue weighted by atomic mass is 10.1. The molecule has 0 aliphatic carbocycles. The van der Waals surface area contributed by atoms with Gasteiger partial charge in [-0.3, -0.25) is 0 Å². The lowest BCUT2D eigenvalue weighted by Crippen LogP contribution is -2.07. The van der Waals surface area contributed by atoms with Crippen molar-refractivity contribution >= 4 is 17.6 Å². The minimum Gasteiger partial charge on any atom is -0.464 e. The third-order valence-corrected chi connectivity index (χ3v) is 2.38. The van der Waals surface area contributed by atoms with Crippen molar-refractivity contribution in [2.24, 2.45) is 0 Å². The fourth-order valence-electron chi connectivity index (χ4n) is 1.02. The number of nitrogens with zero attached hydrogens (tertiary/aromatic N) is 1. The fraction of sp³-hybridized carbons (Fsp3) is 0.333. The number of aromatic nitrogens is 1. The van der Waals surface area contributed by atoms with Crippen LogP contribution < -0.4 is 0 Å². The number of hydrogen-bond donors (Lipinski definition) is 0. The number of esters is 1. The molecule has 0 spiro atoms. The molecule has 70 valence electrons. The zero-order chi connectivity index (χ0) is 10.0. The highest BCUT2D eigenvalue weighted by Gasteiger charge is 2.14. The maximum absolute atomic E-state index is 11.2. The summed E-state index contributed by atoms with van der Waals surface area (Å²) in [5.41, 5.74) is 1.79. The van der Waals surface area contributed by atoms with Gasteiger partial charge in [0.05, 0.1) is 12.1 Å². The Hall–Kier alpha value is -1.09. The maximum atomic E-state index is 11.2. The molecular formula is C9H10ClNO2. The first-order chi connectivity index (χ1) is 6.07. The van der Waals surface area contributed by atoms with Gasteiger partial charge < -0.3 is 4.74 Å². The highest BCUT2D eigenvalue weighted by molar-refractivity contribution is 6.32. The Kier molecular flexibility index (Phi) is 2.88. The van der Waals surface area contributed by atoms with Crippen molar-refractivity contribution in [1.82, 2.24) is 4.98 Å². The molecule has 0 N–H and O–H groups in total. The zero-order valence-corrected chi connectivity index (χ0v) is 8.47. The molecule has 0 radical (unpaired) electrons. The SMILES string of the molecule is COC(=O)c1ncc(C)c(Cl)c1C. The molecule has 0 saturated carbocycles. The summed E-state index contributed by atoms with van der Waals surface area (Å²) in [6, 6.07) is 0. The van der Waals surface area contributed by atoms with Crippen molar-refractivity contribution in [2.45, 2.75) is 13.8 Å². The lowest BCUT2D eigenvalue weighted by molar-refractivity contribution is 0.0593. The van der Waals surface area contributed by atoms with E-state index in [9.17, 15) is 4.79 Å². The van der Waals surface area contributed by atoms with Crippen molar-refractivity contribution < 1.29 is 9.53 Å². The van der Waals surface area contributed by atoms with Crippen molar-refractivity contribution in [2.75, 3.05) is 7.11 Å². The minimum atomic E-state index is -0.459. The average Bonchev–Trinajstić information content (AvgIpc) is 2.13. The summed E-state index contributed by atoms with van der Waals surface area (Å²) in [6.07, 6.45) is 1.56. The molecule has 0 aliphatic heterocycles. The fourth-order valence-corrected chi connectivity index (χ4v) is 1.16. The van der Waals surface area contributed by atoms with E-state index in [0.717, 1.165) is 5.56 Å². The lowest BCUT2D eigenvalue weighted by Gasteiger charge is -2.05. The van der Waals surface area contributed by atoms with Gasteiger partial charge in [-0.05, 0) is 19.4 Å². The first-order valence-corrected chi connectivity index (χ1v) is 4.15. The van der Waals surface area contributed by atoms with Crippen LogP contribution >= 0.6 is 11.6 Å². The van der Waals surface area contributed by atoms with Gasteiger partial charge in [0.2, 0.25) is 0 Å². The summed E-state index contributed by atoms with van der Waals surface area (Å²) in [6.45, 7) is 3.58. The quantitative estimate of drug-likeness (QED) is 0.651. The van der Waals surface area contributed by atoms with Crippen LogP contribution in [0.15, 0.2) is 6.20 Å². The van der Waals surface area contributed by atoms with E-state index < -0.39 is 5.97 Å². The molecule has 3 nitrogen and oxygen atoms in total. The van der Waals surface area contributed by atoms with Crippen LogP contribution in [0.4, 0.5) is 0 Å². The number of hydrogen-bond acceptors (Lipinski definition) is 3. The third kappa shape index (κ3) is 1.80. The van der Waals surface area contributed by atoms with Gasteiger partial charge in [0.1, 0.15) is 0 Å². The average molecular weight is 200 g/mol. The second kappa shape index (κ2) is 3.75. The van der Waals surface area contributed by atoms with Gasteiger partial charge in [0, 0.05) is 11.8 Å². The van der Waals surface area contributed by atoms with Crippen LogP contribution in [0.1, 0.15) is 21.6 Å². The number of carbonyl (C=O) groups is 1. The Balaban J connectivity index is 3.26. The van der Waals surface area contributed by atoms with Gasteiger partial charge in [-0.2, -0.15) is 0 Å². The van der Waals surface area contributed by atoms with Crippen molar-refractivity contribution in [3.8, 4) is 0 Å². The summed E-state index contributed by atoms with van der Waals surface area (Å²) >= 11 is 5.94. The van der Waals surface area contributed by atoms with Gasteiger partial charge in [-0.15, -0.1) is 0 Å². The summed E-state index contributed by atoms with van der Waals surface area (Å²) in [5.74, 6) is -0.459. The number of halogens is 1. The highest BCUT2D eigenvalue weighted by atomic mass is 35.5. The molecule has 0 unspecified atom stereocenters. The van der Waals surface area contributed by atoms with E-state index in [4.69, 9.17) is 11.6 Å². The van der Waals surface area contributed by atoms with Crippen molar-refractivity contribution in [3.05, 3.63) is 28.0 Å².